The molecule has 2 aromatic rings. The summed E-state index contributed by atoms with van der Waals surface area (Å²) in [5, 5.41) is 1.17. The maximum absolute atomic E-state index is 11.0. The van der Waals surface area contributed by atoms with Crippen LogP contribution in [0.25, 0.3) is 10.8 Å². The lowest BCUT2D eigenvalue weighted by Gasteiger charge is -2.08. The summed E-state index contributed by atoms with van der Waals surface area (Å²) in [7, 11) is -4.32. The molecule has 0 atom stereocenters. The molecule has 0 aliphatic rings. The minimum atomic E-state index is -4.32. The SMILES string of the molecule is Nc1cccc2ccc(S(=O)(=O)O)c(N)c12. The minimum Gasteiger partial charge on any atom is -0.398 e. The van der Waals surface area contributed by atoms with Crippen molar-refractivity contribution in [3.8, 4) is 0 Å². The summed E-state index contributed by atoms with van der Waals surface area (Å²) in [6, 6.07) is 7.92. The molecule has 84 valence electrons. The maximum Gasteiger partial charge on any atom is 0.296 e. The summed E-state index contributed by atoms with van der Waals surface area (Å²) in [4.78, 5) is -0.321. The molecule has 5 N–H and O–H groups in total. The predicted molar refractivity (Wildman–Crippen MR) is 62.6 cm³/mol. The molecular formula is C10H10N2O3S. The smallest absolute Gasteiger partial charge is 0.296 e. The summed E-state index contributed by atoms with van der Waals surface area (Å²) in [6.45, 7) is 0. The van der Waals surface area contributed by atoms with E-state index in [0.29, 0.717) is 11.1 Å². The van der Waals surface area contributed by atoms with Crippen molar-refractivity contribution in [3.63, 3.8) is 0 Å². The van der Waals surface area contributed by atoms with Crippen LogP contribution in [0.2, 0.25) is 0 Å². The van der Waals surface area contributed by atoms with Gasteiger partial charge in [0.05, 0.1) is 5.69 Å². The summed E-state index contributed by atoms with van der Waals surface area (Å²) in [5.74, 6) is 0. The second-order valence-corrected chi connectivity index (χ2v) is 4.79. The zero-order valence-electron chi connectivity index (χ0n) is 8.21. The Balaban J connectivity index is 2.95. The van der Waals surface area contributed by atoms with Crippen LogP contribution in [-0.4, -0.2) is 13.0 Å². The van der Waals surface area contributed by atoms with Gasteiger partial charge in [0.25, 0.3) is 10.1 Å². The van der Waals surface area contributed by atoms with Crippen LogP contribution >= 0.6 is 0 Å². The van der Waals surface area contributed by atoms with E-state index in [4.69, 9.17) is 16.0 Å². The lowest BCUT2D eigenvalue weighted by molar-refractivity contribution is 0.484. The van der Waals surface area contributed by atoms with Gasteiger partial charge < -0.3 is 11.5 Å². The van der Waals surface area contributed by atoms with E-state index in [1.807, 2.05) is 0 Å². The van der Waals surface area contributed by atoms with Gasteiger partial charge in [-0.3, -0.25) is 4.55 Å². The average Bonchev–Trinajstić information content (AvgIpc) is 2.16. The quantitative estimate of drug-likeness (QED) is 0.512. The Morgan fingerprint density at radius 3 is 2.38 bits per heavy atom. The molecule has 0 aromatic heterocycles. The Kier molecular flexibility index (Phi) is 2.25. The van der Waals surface area contributed by atoms with Gasteiger partial charge in [0, 0.05) is 11.1 Å². The van der Waals surface area contributed by atoms with E-state index >= 15 is 0 Å². The molecule has 0 fully saturated rings. The number of nitrogens with two attached hydrogens (primary N) is 2. The van der Waals surface area contributed by atoms with E-state index in [0.717, 1.165) is 5.39 Å². The first-order valence-corrected chi connectivity index (χ1v) is 5.89. The van der Waals surface area contributed by atoms with Crippen LogP contribution in [-0.2, 0) is 10.1 Å². The molecule has 0 saturated carbocycles. The van der Waals surface area contributed by atoms with E-state index < -0.39 is 10.1 Å². The second-order valence-electron chi connectivity index (χ2n) is 3.40. The van der Waals surface area contributed by atoms with Crippen LogP contribution in [0.5, 0.6) is 0 Å². The van der Waals surface area contributed by atoms with Gasteiger partial charge in [-0.25, -0.2) is 0 Å². The number of hydrogen-bond acceptors (Lipinski definition) is 4. The van der Waals surface area contributed by atoms with Crippen LogP contribution in [0.3, 0.4) is 0 Å². The molecule has 5 nitrogen and oxygen atoms in total. The standard InChI is InChI=1S/C10H10N2O3S/c11-7-3-1-2-6-4-5-8(16(13,14)15)10(12)9(6)7/h1-5H,11-12H2,(H,13,14,15). The molecule has 0 unspecified atom stereocenters. The number of hydrogen-bond donors (Lipinski definition) is 3. The highest BCUT2D eigenvalue weighted by atomic mass is 32.2. The van der Waals surface area contributed by atoms with Crippen molar-refractivity contribution in [2.75, 3.05) is 11.5 Å². The van der Waals surface area contributed by atoms with Crippen molar-refractivity contribution >= 4 is 32.3 Å². The van der Waals surface area contributed by atoms with E-state index in [-0.39, 0.29) is 10.6 Å². The lowest BCUT2D eigenvalue weighted by Crippen LogP contribution is -2.04. The number of rotatable bonds is 1. The molecule has 0 saturated heterocycles. The van der Waals surface area contributed by atoms with Gasteiger partial charge in [-0.2, -0.15) is 8.42 Å². The van der Waals surface area contributed by atoms with Crippen LogP contribution in [0, 0.1) is 0 Å². The minimum absolute atomic E-state index is 0.0295. The van der Waals surface area contributed by atoms with Crippen molar-refractivity contribution in [3.05, 3.63) is 30.3 Å². The third-order valence-electron chi connectivity index (χ3n) is 2.36. The second kappa shape index (κ2) is 3.36. The first-order chi connectivity index (χ1) is 7.41. The van der Waals surface area contributed by atoms with E-state index in [2.05, 4.69) is 0 Å². The highest BCUT2D eigenvalue weighted by Crippen LogP contribution is 2.31. The molecule has 0 amide bonds. The number of benzene rings is 2. The van der Waals surface area contributed by atoms with Crippen LogP contribution in [0.4, 0.5) is 11.4 Å². The highest BCUT2D eigenvalue weighted by molar-refractivity contribution is 7.86. The third kappa shape index (κ3) is 1.58. The Morgan fingerprint density at radius 2 is 1.75 bits per heavy atom. The molecule has 6 heteroatoms. The molecule has 0 radical (unpaired) electrons. The zero-order chi connectivity index (χ0) is 11.9. The Morgan fingerprint density at radius 1 is 1.06 bits per heavy atom. The van der Waals surface area contributed by atoms with Crippen molar-refractivity contribution in [1.82, 2.24) is 0 Å². The normalized spacial score (nSPS) is 11.8. The number of fused-ring (bicyclic) bond motifs is 1. The number of nitrogen functional groups attached to an aromatic ring is 2. The molecule has 0 aliphatic heterocycles. The Labute approximate surface area is 92.4 Å². The van der Waals surface area contributed by atoms with Crippen molar-refractivity contribution < 1.29 is 13.0 Å². The largest absolute Gasteiger partial charge is 0.398 e. The van der Waals surface area contributed by atoms with Gasteiger partial charge in [-0.1, -0.05) is 18.2 Å². The van der Waals surface area contributed by atoms with Gasteiger partial charge in [-0.15, -0.1) is 0 Å². The lowest BCUT2D eigenvalue weighted by atomic mass is 10.1. The monoisotopic (exact) mass is 238 g/mol. The number of anilines is 2. The van der Waals surface area contributed by atoms with E-state index in [1.165, 1.54) is 6.07 Å². The molecular weight excluding hydrogens is 228 g/mol. The van der Waals surface area contributed by atoms with Crippen LogP contribution in [0.1, 0.15) is 0 Å². The summed E-state index contributed by atoms with van der Waals surface area (Å²) in [5.41, 5.74) is 11.7. The van der Waals surface area contributed by atoms with Crippen molar-refractivity contribution in [2.24, 2.45) is 0 Å². The first kappa shape index (κ1) is 10.7. The van der Waals surface area contributed by atoms with Gasteiger partial charge in [0.2, 0.25) is 0 Å². The molecule has 0 heterocycles. The topological polar surface area (TPSA) is 106 Å². The summed E-state index contributed by atoms with van der Waals surface area (Å²) >= 11 is 0. The van der Waals surface area contributed by atoms with Gasteiger partial charge in [-0.05, 0) is 17.5 Å². The van der Waals surface area contributed by atoms with Crippen molar-refractivity contribution in [1.29, 1.82) is 0 Å². The van der Waals surface area contributed by atoms with E-state index in [9.17, 15) is 8.42 Å². The van der Waals surface area contributed by atoms with Gasteiger partial charge in [0.15, 0.2) is 0 Å². The maximum atomic E-state index is 11.0. The molecule has 0 spiro atoms. The third-order valence-corrected chi connectivity index (χ3v) is 3.27. The fourth-order valence-electron chi connectivity index (χ4n) is 1.64. The molecule has 0 bridgehead atoms. The average molecular weight is 238 g/mol. The van der Waals surface area contributed by atoms with Gasteiger partial charge >= 0.3 is 0 Å². The zero-order valence-corrected chi connectivity index (χ0v) is 9.03. The van der Waals surface area contributed by atoms with Crippen molar-refractivity contribution in [2.45, 2.75) is 4.90 Å². The molecule has 2 rings (SSSR count). The summed E-state index contributed by atoms with van der Waals surface area (Å²) < 4.78 is 31.1. The van der Waals surface area contributed by atoms with E-state index in [1.54, 1.807) is 24.3 Å². The van der Waals surface area contributed by atoms with Gasteiger partial charge in [0.1, 0.15) is 4.90 Å². The van der Waals surface area contributed by atoms with Crippen LogP contribution < -0.4 is 11.5 Å². The fraction of sp³-hybridized carbons (Fsp3) is 0. The molecule has 16 heavy (non-hydrogen) atoms. The molecule has 2 aromatic carbocycles. The summed E-state index contributed by atoms with van der Waals surface area (Å²) in [6.07, 6.45) is 0. The van der Waals surface area contributed by atoms with Crippen LogP contribution in [0.15, 0.2) is 35.2 Å². The first-order valence-electron chi connectivity index (χ1n) is 4.45. The molecule has 0 aliphatic carbocycles. The fourth-order valence-corrected chi connectivity index (χ4v) is 2.26. The Bertz CT molecular complexity index is 665. The predicted octanol–water partition coefficient (Wildman–Crippen LogP) is 1.25. The highest BCUT2D eigenvalue weighted by Gasteiger charge is 2.16. The Hall–Kier alpha value is -1.79.